The van der Waals surface area contributed by atoms with E-state index < -0.39 is 0 Å². The molecule has 0 spiro atoms. The summed E-state index contributed by atoms with van der Waals surface area (Å²) in [4.78, 5) is 0. The highest BCUT2D eigenvalue weighted by molar-refractivity contribution is 5.27. The number of benzene rings is 1. The van der Waals surface area contributed by atoms with E-state index in [1.54, 1.807) is 0 Å². The zero-order valence-corrected chi connectivity index (χ0v) is 11.5. The van der Waals surface area contributed by atoms with Gasteiger partial charge in [0, 0.05) is 12.6 Å². The molecule has 96 valence electrons. The van der Waals surface area contributed by atoms with Crippen LogP contribution in [0.25, 0.3) is 0 Å². The Morgan fingerprint density at radius 3 is 2.12 bits per heavy atom. The van der Waals surface area contributed by atoms with Crippen LogP contribution in [0.15, 0.2) is 24.3 Å². The Kier molecular flexibility index (Phi) is 6.06. The summed E-state index contributed by atoms with van der Waals surface area (Å²) in [6.07, 6.45) is 2.61. The minimum atomic E-state index is 0.239. The van der Waals surface area contributed by atoms with E-state index in [-0.39, 0.29) is 6.10 Å². The highest BCUT2D eigenvalue weighted by atomic mass is 16.5. The zero-order valence-electron chi connectivity index (χ0n) is 11.5. The zero-order chi connectivity index (χ0) is 12.7. The minimum Gasteiger partial charge on any atom is -0.491 e. The Labute approximate surface area is 105 Å². The average molecular weight is 235 g/mol. The smallest absolute Gasteiger partial charge is 0.119 e. The number of hydrogen-bond acceptors (Lipinski definition) is 2. The first-order chi connectivity index (χ1) is 8.15. The van der Waals surface area contributed by atoms with Crippen LogP contribution in [0.5, 0.6) is 5.75 Å². The SMILES string of the molecule is CCC(CC)NCc1ccc(OC(C)C)cc1. The lowest BCUT2D eigenvalue weighted by Crippen LogP contribution is -2.26. The molecule has 2 nitrogen and oxygen atoms in total. The van der Waals surface area contributed by atoms with Crippen molar-refractivity contribution in [1.29, 1.82) is 0 Å². The molecular weight excluding hydrogens is 210 g/mol. The van der Waals surface area contributed by atoms with Crippen LogP contribution in [0.3, 0.4) is 0 Å². The van der Waals surface area contributed by atoms with E-state index >= 15 is 0 Å². The Morgan fingerprint density at radius 1 is 1.06 bits per heavy atom. The normalized spacial score (nSPS) is 11.2. The van der Waals surface area contributed by atoms with Gasteiger partial charge in [-0.1, -0.05) is 26.0 Å². The molecule has 0 radical (unpaired) electrons. The third kappa shape index (κ3) is 5.22. The lowest BCUT2D eigenvalue weighted by molar-refractivity contribution is 0.242. The summed E-state index contributed by atoms with van der Waals surface area (Å²) < 4.78 is 5.62. The Bertz CT molecular complexity index is 301. The first kappa shape index (κ1) is 14.0. The van der Waals surface area contributed by atoms with E-state index in [4.69, 9.17) is 4.74 Å². The van der Waals surface area contributed by atoms with Gasteiger partial charge in [0.1, 0.15) is 5.75 Å². The largest absolute Gasteiger partial charge is 0.491 e. The van der Waals surface area contributed by atoms with E-state index in [0.29, 0.717) is 6.04 Å². The van der Waals surface area contributed by atoms with E-state index in [1.807, 2.05) is 26.0 Å². The standard InChI is InChI=1S/C15H25NO/c1-5-14(6-2)16-11-13-7-9-15(10-8-13)17-12(3)4/h7-10,12,14,16H,5-6,11H2,1-4H3. The van der Waals surface area contributed by atoms with Crippen molar-refractivity contribution in [2.75, 3.05) is 0 Å². The highest BCUT2D eigenvalue weighted by Gasteiger charge is 2.02. The van der Waals surface area contributed by atoms with Crippen molar-refractivity contribution in [3.05, 3.63) is 29.8 Å². The third-order valence-electron chi connectivity index (χ3n) is 2.88. The maximum absolute atomic E-state index is 5.62. The molecule has 1 aromatic carbocycles. The summed E-state index contributed by atoms with van der Waals surface area (Å²) in [5, 5.41) is 3.55. The Hall–Kier alpha value is -1.02. The van der Waals surface area contributed by atoms with Crippen molar-refractivity contribution in [3.63, 3.8) is 0 Å². The average Bonchev–Trinajstić information content (AvgIpc) is 2.32. The predicted octanol–water partition coefficient (Wildman–Crippen LogP) is 3.75. The molecule has 0 aliphatic carbocycles. The molecule has 0 aromatic heterocycles. The highest BCUT2D eigenvalue weighted by Crippen LogP contribution is 2.14. The number of hydrogen-bond donors (Lipinski definition) is 1. The second-order valence-electron chi connectivity index (χ2n) is 4.70. The number of rotatable bonds is 7. The molecule has 1 N–H and O–H groups in total. The summed E-state index contributed by atoms with van der Waals surface area (Å²) in [6.45, 7) is 9.47. The molecule has 0 atom stereocenters. The fourth-order valence-corrected chi connectivity index (χ4v) is 1.80. The summed E-state index contributed by atoms with van der Waals surface area (Å²) >= 11 is 0. The van der Waals surface area contributed by atoms with Crippen LogP contribution in [0, 0.1) is 0 Å². The van der Waals surface area contributed by atoms with Gasteiger partial charge in [0.05, 0.1) is 6.10 Å². The monoisotopic (exact) mass is 235 g/mol. The van der Waals surface area contributed by atoms with Crippen LogP contribution < -0.4 is 10.1 Å². The van der Waals surface area contributed by atoms with Crippen molar-refractivity contribution in [2.45, 2.75) is 59.2 Å². The van der Waals surface area contributed by atoms with Gasteiger partial charge in [0.25, 0.3) is 0 Å². The van der Waals surface area contributed by atoms with Crippen molar-refractivity contribution in [3.8, 4) is 5.75 Å². The van der Waals surface area contributed by atoms with E-state index in [0.717, 1.165) is 12.3 Å². The third-order valence-corrected chi connectivity index (χ3v) is 2.88. The fraction of sp³-hybridized carbons (Fsp3) is 0.600. The van der Waals surface area contributed by atoms with Crippen LogP contribution in [-0.2, 0) is 6.54 Å². The molecule has 0 bridgehead atoms. The number of nitrogens with one attached hydrogen (secondary N) is 1. The van der Waals surface area contributed by atoms with Gasteiger partial charge in [-0.2, -0.15) is 0 Å². The van der Waals surface area contributed by atoms with E-state index in [1.165, 1.54) is 18.4 Å². The molecular formula is C15H25NO. The summed E-state index contributed by atoms with van der Waals surface area (Å²) in [7, 11) is 0. The molecule has 0 aliphatic rings. The van der Waals surface area contributed by atoms with Crippen LogP contribution >= 0.6 is 0 Å². The molecule has 0 saturated heterocycles. The molecule has 2 heteroatoms. The molecule has 0 fully saturated rings. The summed E-state index contributed by atoms with van der Waals surface area (Å²) in [5.41, 5.74) is 1.31. The van der Waals surface area contributed by atoms with Crippen molar-refractivity contribution >= 4 is 0 Å². The van der Waals surface area contributed by atoms with Gasteiger partial charge in [0.2, 0.25) is 0 Å². The second kappa shape index (κ2) is 7.33. The lowest BCUT2D eigenvalue weighted by atomic mass is 10.1. The maximum Gasteiger partial charge on any atom is 0.119 e. The molecule has 0 heterocycles. The van der Waals surface area contributed by atoms with Gasteiger partial charge >= 0.3 is 0 Å². The Morgan fingerprint density at radius 2 is 1.65 bits per heavy atom. The maximum atomic E-state index is 5.62. The molecule has 17 heavy (non-hydrogen) atoms. The van der Waals surface area contributed by atoms with Crippen LogP contribution in [-0.4, -0.2) is 12.1 Å². The van der Waals surface area contributed by atoms with Crippen LogP contribution in [0.1, 0.15) is 46.1 Å². The van der Waals surface area contributed by atoms with Crippen LogP contribution in [0.4, 0.5) is 0 Å². The Balaban J connectivity index is 2.45. The van der Waals surface area contributed by atoms with Gasteiger partial charge in [-0.25, -0.2) is 0 Å². The predicted molar refractivity (Wildman–Crippen MR) is 73.4 cm³/mol. The summed E-state index contributed by atoms with van der Waals surface area (Å²) in [5.74, 6) is 0.950. The minimum absolute atomic E-state index is 0.239. The van der Waals surface area contributed by atoms with Gasteiger partial charge < -0.3 is 10.1 Å². The van der Waals surface area contributed by atoms with Crippen molar-refractivity contribution in [2.24, 2.45) is 0 Å². The summed E-state index contributed by atoms with van der Waals surface area (Å²) in [6, 6.07) is 8.98. The first-order valence-electron chi connectivity index (χ1n) is 6.64. The van der Waals surface area contributed by atoms with E-state index in [9.17, 15) is 0 Å². The van der Waals surface area contributed by atoms with Gasteiger partial charge in [-0.3, -0.25) is 0 Å². The fourth-order valence-electron chi connectivity index (χ4n) is 1.80. The van der Waals surface area contributed by atoms with Gasteiger partial charge in [-0.05, 0) is 44.4 Å². The second-order valence-corrected chi connectivity index (χ2v) is 4.70. The van der Waals surface area contributed by atoms with E-state index in [2.05, 4.69) is 31.3 Å². The quantitative estimate of drug-likeness (QED) is 0.777. The van der Waals surface area contributed by atoms with Gasteiger partial charge in [-0.15, -0.1) is 0 Å². The number of ether oxygens (including phenoxy) is 1. The molecule has 0 amide bonds. The van der Waals surface area contributed by atoms with Crippen molar-refractivity contribution < 1.29 is 4.74 Å². The van der Waals surface area contributed by atoms with Gasteiger partial charge in [0.15, 0.2) is 0 Å². The molecule has 0 aliphatic heterocycles. The molecule has 0 saturated carbocycles. The van der Waals surface area contributed by atoms with Crippen LogP contribution in [0.2, 0.25) is 0 Å². The molecule has 0 unspecified atom stereocenters. The molecule has 1 aromatic rings. The topological polar surface area (TPSA) is 21.3 Å². The first-order valence-corrected chi connectivity index (χ1v) is 6.64. The lowest BCUT2D eigenvalue weighted by Gasteiger charge is -2.15. The molecule has 1 rings (SSSR count). The van der Waals surface area contributed by atoms with Crippen molar-refractivity contribution in [1.82, 2.24) is 5.32 Å².